The van der Waals surface area contributed by atoms with Gasteiger partial charge in [0.15, 0.2) is 11.5 Å². The first-order chi connectivity index (χ1) is 10.8. The monoisotopic (exact) mass is 329 g/mol. The highest BCUT2D eigenvalue weighted by atomic mass is 19.4. The Hall–Kier alpha value is -2.25. The number of rotatable bonds is 5. The van der Waals surface area contributed by atoms with Gasteiger partial charge >= 0.3 is 6.18 Å². The SMILES string of the molecule is CCN(CC)c1nc(C(F)(F)F)nc2cc(OC)c(OC)cc12. The van der Waals surface area contributed by atoms with Crippen LogP contribution in [0.15, 0.2) is 12.1 Å². The summed E-state index contributed by atoms with van der Waals surface area (Å²) in [4.78, 5) is 9.12. The van der Waals surface area contributed by atoms with Crippen LogP contribution in [0.2, 0.25) is 0 Å². The van der Waals surface area contributed by atoms with E-state index >= 15 is 0 Å². The molecule has 8 heteroatoms. The van der Waals surface area contributed by atoms with E-state index in [1.807, 2.05) is 13.8 Å². The second-order valence-corrected chi connectivity index (χ2v) is 4.77. The summed E-state index contributed by atoms with van der Waals surface area (Å²) in [5.41, 5.74) is 0.159. The van der Waals surface area contributed by atoms with E-state index in [-0.39, 0.29) is 11.3 Å². The molecule has 0 saturated carbocycles. The number of hydrogen-bond acceptors (Lipinski definition) is 5. The smallest absolute Gasteiger partial charge is 0.451 e. The summed E-state index contributed by atoms with van der Waals surface area (Å²) in [6, 6.07) is 3.03. The Morgan fingerprint density at radius 2 is 1.57 bits per heavy atom. The minimum absolute atomic E-state index is 0.159. The van der Waals surface area contributed by atoms with E-state index in [0.717, 1.165) is 0 Å². The fourth-order valence-electron chi connectivity index (χ4n) is 2.33. The molecule has 0 aliphatic carbocycles. The number of fused-ring (bicyclic) bond motifs is 1. The zero-order valence-corrected chi connectivity index (χ0v) is 13.4. The maximum Gasteiger partial charge on any atom is 0.451 e. The number of aromatic nitrogens is 2. The standard InChI is InChI=1S/C15H18F3N3O2/c1-5-21(6-2)13-9-7-11(22-3)12(23-4)8-10(9)19-14(20-13)15(16,17)18/h7-8H,5-6H2,1-4H3. The zero-order chi connectivity index (χ0) is 17.2. The largest absolute Gasteiger partial charge is 0.493 e. The third-order valence-corrected chi connectivity index (χ3v) is 3.50. The molecule has 0 fully saturated rings. The van der Waals surface area contributed by atoms with Crippen molar-refractivity contribution in [1.82, 2.24) is 9.97 Å². The van der Waals surface area contributed by atoms with Crippen LogP contribution in [-0.2, 0) is 6.18 Å². The minimum atomic E-state index is -4.62. The van der Waals surface area contributed by atoms with Crippen LogP contribution >= 0.6 is 0 Å². The lowest BCUT2D eigenvalue weighted by Gasteiger charge is -2.23. The molecule has 0 N–H and O–H groups in total. The summed E-state index contributed by atoms with van der Waals surface area (Å²) < 4.78 is 49.7. The Morgan fingerprint density at radius 1 is 1.00 bits per heavy atom. The highest BCUT2D eigenvalue weighted by Gasteiger charge is 2.36. The lowest BCUT2D eigenvalue weighted by molar-refractivity contribution is -0.144. The lowest BCUT2D eigenvalue weighted by Crippen LogP contribution is -2.25. The first kappa shape index (κ1) is 17.1. The Kier molecular flexibility index (Phi) is 4.82. The minimum Gasteiger partial charge on any atom is -0.493 e. The van der Waals surface area contributed by atoms with Gasteiger partial charge in [-0.25, -0.2) is 9.97 Å². The highest BCUT2D eigenvalue weighted by molar-refractivity contribution is 5.92. The number of nitrogens with zero attached hydrogens (tertiary/aromatic N) is 3. The zero-order valence-electron chi connectivity index (χ0n) is 13.4. The van der Waals surface area contributed by atoms with Gasteiger partial charge in [0.2, 0.25) is 5.82 Å². The van der Waals surface area contributed by atoms with Gasteiger partial charge in [-0.3, -0.25) is 0 Å². The normalized spacial score (nSPS) is 11.6. The van der Waals surface area contributed by atoms with Gasteiger partial charge in [-0.1, -0.05) is 0 Å². The van der Waals surface area contributed by atoms with Crippen molar-refractivity contribution in [3.8, 4) is 11.5 Å². The van der Waals surface area contributed by atoms with Crippen molar-refractivity contribution >= 4 is 16.7 Å². The molecule has 1 aromatic carbocycles. The number of anilines is 1. The van der Waals surface area contributed by atoms with Crippen LogP contribution in [-0.4, -0.2) is 37.3 Å². The van der Waals surface area contributed by atoms with Gasteiger partial charge in [0.25, 0.3) is 0 Å². The molecule has 0 amide bonds. The maximum absolute atomic E-state index is 13.1. The molecule has 0 radical (unpaired) electrons. The number of ether oxygens (including phenoxy) is 2. The molecule has 1 heterocycles. The molecule has 126 valence electrons. The van der Waals surface area contributed by atoms with Crippen LogP contribution in [0.3, 0.4) is 0 Å². The maximum atomic E-state index is 13.1. The van der Waals surface area contributed by atoms with Gasteiger partial charge in [0.1, 0.15) is 5.82 Å². The number of alkyl halides is 3. The van der Waals surface area contributed by atoms with E-state index in [1.54, 1.807) is 11.0 Å². The molecule has 23 heavy (non-hydrogen) atoms. The molecule has 0 aliphatic heterocycles. The Morgan fingerprint density at radius 3 is 2.04 bits per heavy atom. The third-order valence-electron chi connectivity index (χ3n) is 3.50. The quantitative estimate of drug-likeness (QED) is 0.840. The van der Waals surface area contributed by atoms with Gasteiger partial charge in [-0.15, -0.1) is 0 Å². The summed E-state index contributed by atoms with van der Waals surface area (Å²) in [7, 11) is 2.88. The predicted octanol–water partition coefficient (Wildman–Crippen LogP) is 3.51. The molecule has 5 nitrogen and oxygen atoms in total. The van der Waals surface area contributed by atoms with Crippen LogP contribution in [0.25, 0.3) is 10.9 Å². The molecule has 0 bridgehead atoms. The van der Waals surface area contributed by atoms with Crippen molar-refractivity contribution in [3.63, 3.8) is 0 Å². The van der Waals surface area contributed by atoms with E-state index in [2.05, 4.69) is 9.97 Å². The summed E-state index contributed by atoms with van der Waals surface area (Å²) >= 11 is 0. The molecule has 0 aliphatic rings. The molecule has 1 aromatic heterocycles. The first-order valence-corrected chi connectivity index (χ1v) is 7.11. The fourth-order valence-corrected chi connectivity index (χ4v) is 2.33. The molecular formula is C15H18F3N3O2. The number of hydrogen-bond donors (Lipinski definition) is 0. The second kappa shape index (κ2) is 6.47. The van der Waals surface area contributed by atoms with Gasteiger partial charge in [-0.05, 0) is 19.9 Å². The van der Waals surface area contributed by atoms with E-state index < -0.39 is 12.0 Å². The van der Waals surface area contributed by atoms with E-state index in [0.29, 0.717) is 30.0 Å². The van der Waals surface area contributed by atoms with Gasteiger partial charge < -0.3 is 14.4 Å². The molecule has 2 aromatic rings. The highest BCUT2D eigenvalue weighted by Crippen LogP contribution is 2.37. The summed E-state index contributed by atoms with van der Waals surface area (Å²) in [6.45, 7) is 4.75. The van der Waals surface area contributed by atoms with E-state index in [4.69, 9.17) is 9.47 Å². The Labute approximate surface area is 132 Å². The van der Waals surface area contributed by atoms with Crippen molar-refractivity contribution in [2.75, 3.05) is 32.2 Å². The van der Waals surface area contributed by atoms with Crippen molar-refractivity contribution in [2.45, 2.75) is 20.0 Å². The summed E-state index contributed by atoms with van der Waals surface area (Å²) in [5.74, 6) is -0.207. The molecular weight excluding hydrogens is 311 g/mol. The van der Waals surface area contributed by atoms with Crippen LogP contribution < -0.4 is 14.4 Å². The van der Waals surface area contributed by atoms with Gasteiger partial charge in [0.05, 0.1) is 19.7 Å². The molecule has 0 spiro atoms. The van der Waals surface area contributed by atoms with E-state index in [1.165, 1.54) is 20.3 Å². The number of halogens is 3. The molecule has 0 saturated heterocycles. The number of methoxy groups -OCH3 is 2. The van der Waals surface area contributed by atoms with Crippen LogP contribution in [0.5, 0.6) is 11.5 Å². The van der Waals surface area contributed by atoms with Gasteiger partial charge in [-0.2, -0.15) is 13.2 Å². The first-order valence-electron chi connectivity index (χ1n) is 7.11. The predicted molar refractivity (Wildman–Crippen MR) is 81.2 cm³/mol. The van der Waals surface area contributed by atoms with Gasteiger partial charge in [0, 0.05) is 24.5 Å². The molecule has 0 atom stereocenters. The summed E-state index contributed by atoms with van der Waals surface area (Å²) in [6.07, 6.45) is -4.62. The second-order valence-electron chi connectivity index (χ2n) is 4.77. The van der Waals surface area contributed by atoms with Crippen molar-refractivity contribution in [2.24, 2.45) is 0 Å². The average Bonchev–Trinajstić information content (AvgIpc) is 2.53. The van der Waals surface area contributed by atoms with Crippen LogP contribution in [0.4, 0.5) is 19.0 Å². The molecule has 0 unspecified atom stereocenters. The lowest BCUT2D eigenvalue weighted by atomic mass is 10.2. The topological polar surface area (TPSA) is 47.5 Å². The Balaban J connectivity index is 2.82. The number of benzene rings is 1. The third kappa shape index (κ3) is 3.25. The Bertz CT molecular complexity index is 700. The van der Waals surface area contributed by atoms with E-state index in [9.17, 15) is 13.2 Å². The van der Waals surface area contributed by atoms with Crippen molar-refractivity contribution < 1.29 is 22.6 Å². The van der Waals surface area contributed by atoms with Crippen molar-refractivity contribution in [3.05, 3.63) is 18.0 Å². The molecule has 2 rings (SSSR count). The fraction of sp³-hybridized carbons (Fsp3) is 0.467. The summed E-state index contributed by atoms with van der Waals surface area (Å²) in [5, 5.41) is 0.486. The van der Waals surface area contributed by atoms with Crippen LogP contribution in [0, 0.1) is 0 Å². The average molecular weight is 329 g/mol. The van der Waals surface area contributed by atoms with Crippen molar-refractivity contribution in [1.29, 1.82) is 0 Å². The van der Waals surface area contributed by atoms with Crippen LogP contribution in [0.1, 0.15) is 19.7 Å².